The highest BCUT2D eigenvalue weighted by atomic mass is 79.9. The smallest absolute Gasteiger partial charge is 0.241 e. The largest absolute Gasteiger partial charge is 0.360 e. The number of aromatic nitrogens is 1. The van der Waals surface area contributed by atoms with Crippen LogP contribution in [0.3, 0.4) is 0 Å². The summed E-state index contributed by atoms with van der Waals surface area (Å²) in [5.41, 5.74) is 0. The van der Waals surface area contributed by atoms with Gasteiger partial charge in [-0.05, 0) is 18.2 Å². The molecule has 0 fully saturated rings. The SMILES string of the molecule is O=S(=O)(NCc1ccno1)c1cccc(Br)c1. The van der Waals surface area contributed by atoms with E-state index in [1.54, 1.807) is 18.2 Å². The zero-order valence-corrected chi connectivity index (χ0v) is 11.0. The van der Waals surface area contributed by atoms with Crippen molar-refractivity contribution < 1.29 is 12.9 Å². The maximum atomic E-state index is 11.9. The molecule has 17 heavy (non-hydrogen) atoms. The fourth-order valence-corrected chi connectivity index (χ4v) is 2.81. The lowest BCUT2D eigenvalue weighted by Gasteiger charge is -2.05. The van der Waals surface area contributed by atoms with Gasteiger partial charge in [0.2, 0.25) is 10.0 Å². The molecule has 1 aromatic heterocycles. The second kappa shape index (κ2) is 4.99. The number of benzene rings is 1. The van der Waals surface area contributed by atoms with Crippen LogP contribution in [0.1, 0.15) is 5.76 Å². The van der Waals surface area contributed by atoms with Crippen molar-refractivity contribution in [3.8, 4) is 0 Å². The number of hydrogen-bond donors (Lipinski definition) is 1. The number of halogens is 1. The second-order valence-corrected chi connectivity index (χ2v) is 5.94. The lowest BCUT2D eigenvalue weighted by Crippen LogP contribution is -2.22. The van der Waals surface area contributed by atoms with Crippen molar-refractivity contribution in [2.24, 2.45) is 0 Å². The highest BCUT2D eigenvalue weighted by Gasteiger charge is 2.14. The molecule has 2 aromatic rings. The Bertz CT molecular complexity index is 596. The normalized spacial score (nSPS) is 11.6. The zero-order chi connectivity index (χ0) is 12.3. The van der Waals surface area contributed by atoms with Crippen LogP contribution >= 0.6 is 15.9 Å². The molecule has 0 aliphatic rings. The van der Waals surface area contributed by atoms with E-state index in [2.05, 4.69) is 25.8 Å². The average Bonchev–Trinajstić information content (AvgIpc) is 2.79. The molecule has 0 saturated carbocycles. The molecular formula is C10H9BrN2O3S. The predicted molar refractivity (Wildman–Crippen MR) is 64.7 cm³/mol. The van der Waals surface area contributed by atoms with Gasteiger partial charge in [0.25, 0.3) is 0 Å². The van der Waals surface area contributed by atoms with Crippen LogP contribution in [0.15, 0.2) is 50.4 Å². The molecule has 7 heteroatoms. The van der Waals surface area contributed by atoms with E-state index in [-0.39, 0.29) is 11.4 Å². The van der Waals surface area contributed by atoms with Gasteiger partial charge in [-0.1, -0.05) is 27.2 Å². The zero-order valence-electron chi connectivity index (χ0n) is 8.63. The van der Waals surface area contributed by atoms with Gasteiger partial charge < -0.3 is 4.52 Å². The summed E-state index contributed by atoms with van der Waals surface area (Å²) in [5, 5.41) is 3.49. The third kappa shape index (κ3) is 3.15. The Morgan fingerprint density at radius 2 is 2.18 bits per heavy atom. The third-order valence-electron chi connectivity index (χ3n) is 2.03. The maximum absolute atomic E-state index is 11.9. The minimum absolute atomic E-state index is 0.0782. The van der Waals surface area contributed by atoms with Gasteiger partial charge in [0, 0.05) is 10.5 Å². The molecule has 2 rings (SSSR count). The van der Waals surface area contributed by atoms with Gasteiger partial charge in [0.1, 0.15) is 0 Å². The van der Waals surface area contributed by atoms with Gasteiger partial charge in [0.05, 0.1) is 17.6 Å². The van der Waals surface area contributed by atoms with Crippen molar-refractivity contribution in [1.82, 2.24) is 9.88 Å². The van der Waals surface area contributed by atoms with Crippen LogP contribution in [0.5, 0.6) is 0 Å². The van der Waals surface area contributed by atoms with E-state index in [1.165, 1.54) is 18.3 Å². The van der Waals surface area contributed by atoms with Crippen molar-refractivity contribution in [3.63, 3.8) is 0 Å². The Kier molecular flexibility index (Phi) is 3.60. The first-order chi connectivity index (χ1) is 8.08. The van der Waals surface area contributed by atoms with Gasteiger partial charge in [-0.2, -0.15) is 0 Å². The first-order valence-corrected chi connectivity index (χ1v) is 7.00. The van der Waals surface area contributed by atoms with Crippen LogP contribution in [-0.4, -0.2) is 13.6 Å². The van der Waals surface area contributed by atoms with E-state index >= 15 is 0 Å². The minimum atomic E-state index is -3.53. The van der Waals surface area contributed by atoms with E-state index in [1.807, 2.05) is 0 Å². The highest BCUT2D eigenvalue weighted by molar-refractivity contribution is 9.10. The standard InChI is InChI=1S/C10H9BrN2O3S/c11-8-2-1-3-10(6-8)17(14,15)13-7-9-4-5-12-16-9/h1-6,13H,7H2. The molecule has 0 saturated heterocycles. The van der Waals surface area contributed by atoms with Crippen molar-refractivity contribution in [2.75, 3.05) is 0 Å². The minimum Gasteiger partial charge on any atom is -0.360 e. The van der Waals surface area contributed by atoms with E-state index in [9.17, 15) is 8.42 Å². The lowest BCUT2D eigenvalue weighted by molar-refractivity contribution is 0.380. The Hall–Kier alpha value is -1.18. The topological polar surface area (TPSA) is 72.2 Å². The molecule has 1 aromatic carbocycles. The molecule has 1 N–H and O–H groups in total. The molecule has 0 aliphatic heterocycles. The van der Waals surface area contributed by atoms with Crippen molar-refractivity contribution in [2.45, 2.75) is 11.4 Å². The van der Waals surface area contributed by atoms with Gasteiger partial charge in [-0.3, -0.25) is 0 Å². The van der Waals surface area contributed by atoms with Gasteiger partial charge >= 0.3 is 0 Å². The summed E-state index contributed by atoms with van der Waals surface area (Å²) in [6.07, 6.45) is 1.46. The van der Waals surface area contributed by atoms with E-state index < -0.39 is 10.0 Å². The summed E-state index contributed by atoms with van der Waals surface area (Å²) in [5.74, 6) is 0.462. The van der Waals surface area contributed by atoms with Crippen LogP contribution in [0.4, 0.5) is 0 Å². The Morgan fingerprint density at radius 3 is 2.82 bits per heavy atom. The fraction of sp³-hybridized carbons (Fsp3) is 0.100. The first-order valence-electron chi connectivity index (χ1n) is 4.73. The molecule has 0 spiro atoms. The van der Waals surface area contributed by atoms with Crippen molar-refractivity contribution >= 4 is 26.0 Å². The molecule has 0 aliphatic carbocycles. The molecule has 0 unspecified atom stereocenters. The summed E-state index contributed by atoms with van der Waals surface area (Å²) < 4.78 is 31.7. The molecule has 0 bridgehead atoms. The molecule has 0 radical (unpaired) electrons. The van der Waals surface area contributed by atoms with E-state index in [4.69, 9.17) is 4.52 Å². The summed E-state index contributed by atoms with van der Waals surface area (Å²) in [7, 11) is -3.53. The van der Waals surface area contributed by atoms with Crippen molar-refractivity contribution in [1.29, 1.82) is 0 Å². The van der Waals surface area contributed by atoms with Crippen LogP contribution < -0.4 is 4.72 Å². The summed E-state index contributed by atoms with van der Waals surface area (Å²) in [6, 6.07) is 8.07. The highest BCUT2D eigenvalue weighted by Crippen LogP contribution is 2.16. The number of nitrogens with one attached hydrogen (secondary N) is 1. The van der Waals surface area contributed by atoms with Crippen LogP contribution in [0.2, 0.25) is 0 Å². The molecule has 0 amide bonds. The number of sulfonamides is 1. The lowest BCUT2D eigenvalue weighted by atomic mass is 10.4. The maximum Gasteiger partial charge on any atom is 0.241 e. The van der Waals surface area contributed by atoms with Gasteiger partial charge in [0.15, 0.2) is 5.76 Å². The van der Waals surface area contributed by atoms with Crippen LogP contribution in [0.25, 0.3) is 0 Å². The molecule has 1 heterocycles. The Balaban J connectivity index is 2.14. The summed E-state index contributed by atoms with van der Waals surface area (Å²) >= 11 is 3.22. The number of hydrogen-bond acceptors (Lipinski definition) is 4. The molecule has 0 atom stereocenters. The molecular weight excluding hydrogens is 308 g/mol. The molecule has 5 nitrogen and oxygen atoms in total. The quantitative estimate of drug-likeness (QED) is 0.935. The predicted octanol–water partition coefficient (Wildman–Crippen LogP) is 1.92. The summed E-state index contributed by atoms with van der Waals surface area (Å²) in [4.78, 5) is 0.200. The average molecular weight is 317 g/mol. The van der Waals surface area contributed by atoms with Crippen LogP contribution in [-0.2, 0) is 16.6 Å². The second-order valence-electron chi connectivity index (χ2n) is 3.26. The van der Waals surface area contributed by atoms with Crippen LogP contribution in [0, 0.1) is 0 Å². The van der Waals surface area contributed by atoms with E-state index in [0.717, 1.165) is 0 Å². The first kappa shape index (κ1) is 12.3. The number of nitrogens with zero attached hydrogens (tertiary/aromatic N) is 1. The number of rotatable bonds is 4. The van der Waals surface area contributed by atoms with Gasteiger partial charge in [-0.15, -0.1) is 0 Å². The molecule has 90 valence electrons. The Labute approximate surface area is 107 Å². The van der Waals surface area contributed by atoms with E-state index in [0.29, 0.717) is 10.2 Å². The Morgan fingerprint density at radius 1 is 1.35 bits per heavy atom. The monoisotopic (exact) mass is 316 g/mol. The van der Waals surface area contributed by atoms with Gasteiger partial charge in [-0.25, -0.2) is 13.1 Å². The third-order valence-corrected chi connectivity index (χ3v) is 3.93. The summed E-state index contributed by atoms with van der Waals surface area (Å²) in [6.45, 7) is 0.0782. The fourth-order valence-electron chi connectivity index (χ4n) is 1.22. The van der Waals surface area contributed by atoms with Crippen molar-refractivity contribution in [3.05, 3.63) is 46.8 Å².